The second kappa shape index (κ2) is 6.17. The van der Waals surface area contributed by atoms with E-state index in [2.05, 4.69) is 5.32 Å². The highest BCUT2D eigenvalue weighted by molar-refractivity contribution is 4.90. The van der Waals surface area contributed by atoms with E-state index in [1.807, 2.05) is 13.8 Å². The average molecular weight is 241 g/mol. The second-order valence-electron chi connectivity index (χ2n) is 6.13. The fourth-order valence-electron chi connectivity index (χ4n) is 3.42. The molecule has 0 aromatic rings. The van der Waals surface area contributed by atoms with Crippen LogP contribution in [0.4, 0.5) is 0 Å². The zero-order chi connectivity index (χ0) is 12.3. The molecule has 0 aromatic carbocycles. The summed E-state index contributed by atoms with van der Waals surface area (Å²) in [7, 11) is 0. The molecule has 0 amide bonds. The van der Waals surface area contributed by atoms with Crippen molar-refractivity contribution >= 4 is 0 Å². The predicted molar refractivity (Wildman–Crippen MR) is 68.9 cm³/mol. The second-order valence-corrected chi connectivity index (χ2v) is 6.13. The molecule has 2 fully saturated rings. The lowest BCUT2D eigenvalue weighted by Gasteiger charge is -2.22. The number of hydrogen-bond donors (Lipinski definition) is 2. The quantitative estimate of drug-likeness (QED) is 0.714. The number of rotatable bonds is 7. The molecule has 17 heavy (non-hydrogen) atoms. The lowest BCUT2D eigenvalue weighted by molar-refractivity contribution is 0.00596. The summed E-state index contributed by atoms with van der Waals surface area (Å²) in [5, 5.41) is 13.1. The summed E-state index contributed by atoms with van der Waals surface area (Å²) in [6.07, 6.45) is 5.62. The maximum Gasteiger partial charge on any atom is 0.0897 e. The van der Waals surface area contributed by atoms with Gasteiger partial charge in [-0.15, -0.1) is 0 Å². The first kappa shape index (κ1) is 13.3. The van der Waals surface area contributed by atoms with E-state index in [1.165, 1.54) is 25.7 Å². The van der Waals surface area contributed by atoms with Crippen LogP contribution in [0.3, 0.4) is 0 Å². The first-order valence-corrected chi connectivity index (χ1v) is 7.15. The molecule has 3 heteroatoms. The van der Waals surface area contributed by atoms with E-state index in [9.17, 15) is 5.11 Å². The van der Waals surface area contributed by atoms with Crippen LogP contribution in [-0.2, 0) is 4.74 Å². The minimum Gasteiger partial charge on any atom is -0.389 e. The van der Waals surface area contributed by atoms with Crippen LogP contribution in [0.2, 0.25) is 0 Å². The minimum atomic E-state index is -0.365. The average Bonchev–Trinajstić information content (AvgIpc) is 2.88. The first-order chi connectivity index (χ1) is 8.15. The molecular weight excluding hydrogens is 214 g/mol. The topological polar surface area (TPSA) is 41.5 Å². The Balaban J connectivity index is 1.54. The van der Waals surface area contributed by atoms with Crippen LogP contribution >= 0.6 is 0 Å². The fourth-order valence-corrected chi connectivity index (χ4v) is 3.42. The van der Waals surface area contributed by atoms with Gasteiger partial charge in [0.2, 0.25) is 0 Å². The van der Waals surface area contributed by atoms with Crippen LogP contribution in [0, 0.1) is 17.8 Å². The summed E-state index contributed by atoms with van der Waals surface area (Å²) in [4.78, 5) is 0. The third kappa shape index (κ3) is 3.94. The molecule has 0 aromatic heterocycles. The van der Waals surface area contributed by atoms with Crippen LogP contribution in [-0.4, -0.2) is 37.0 Å². The van der Waals surface area contributed by atoms with Gasteiger partial charge in [-0.1, -0.05) is 6.42 Å². The fraction of sp³-hybridized carbons (Fsp3) is 1.00. The van der Waals surface area contributed by atoms with E-state index < -0.39 is 0 Å². The van der Waals surface area contributed by atoms with E-state index in [4.69, 9.17) is 4.74 Å². The molecular formula is C14H27NO2. The van der Waals surface area contributed by atoms with Crippen molar-refractivity contribution in [2.75, 3.05) is 19.7 Å². The van der Waals surface area contributed by atoms with Gasteiger partial charge in [0.05, 0.1) is 18.8 Å². The number of ether oxygens (including phenoxy) is 1. The Morgan fingerprint density at radius 2 is 2.12 bits per heavy atom. The number of nitrogens with one attached hydrogen (secondary N) is 1. The molecule has 4 atom stereocenters. The van der Waals surface area contributed by atoms with Gasteiger partial charge in [0, 0.05) is 6.54 Å². The smallest absolute Gasteiger partial charge is 0.0897 e. The molecule has 0 saturated heterocycles. The molecule has 2 aliphatic carbocycles. The largest absolute Gasteiger partial charge is 0.389 e. The van der Waals surface area contributed by atoms with Gasteiger partial charge >= 0.3 is 0 Å². The molecule has 100 valence electrons. The number of hydrogen-bond acceptors (Lipinski definition) is 3. The Hall–Kier alpha value is -0.120. The van der Waals surface area contributed by atoms with Crippen molar-refractivity contribution in [1.82, 2.24) is 5.32 Å². The standard InChI is InChI=1S/C14H27NO2/c1-10(2)17-9-14(16)8-15-7-13-6-11-3-4-12(13)5-11/h10-16H,3-9H2,1-2H3. The van der Waals surface area contributed by atoms with E-state index in [0.717, 1.165) is 24.3 Å². The maximum atomic E-state index is 9.72. The van der Waals surface area contributed by atoms with Gasteiger partial charge in [-0.05, 0) is 57.4 Å². The number of fused-ring (bicyclic) bond motifs is 2. The summed E-state index contributed by atoms with van der Waals surface area (Å²) in [6, 6.07) is 0. The zero-order valence-corrected chi connectivity index (χ0v) is 11.2. The van der Waals surface area contributed by atoms with Crippen molar-refractivity contribution in [3.8, 4) is 0 Å². The highest BCUT2D eigenvalue weighted by Crippen LogP contribution is 2.47. The zero-order valence-electron chi connectivity index (χ0n) is 11.2. The van der Waals surface area contributed by atoms with E-state index >= 15 is 0 Å². The molecule has 0 heterocycles. The lowest BCUT2D eigenvalue weighted by Crippen LogP contribution is -2.35. The van der Waals surface area contributed by atoms with Gasteiger partial charge in [0.1, 0.15) is 0 Å². The molecule has 0 radical (unpaired) electrons. The lowest BCUT2D eigenvalue weighted by atomic mass is 9.89. The minimum absolute atomic E-state index is 0.204. The Bertz CT molecular complexity index is 232. The van der Waals surface area contributed by atoms with Crippen LogP contribution in [0.1, 0.15) is 39.5 Å². The SMILES string of the molecule is CC(C)OCC(O)CNCC1CC2CCC1C2. The Morgan fingerprint density at radius 1 is 1.29 bits per heavy atom. The molecule has 2 bridgehead atoms. The molecule has 2 N–H and O–H groups in total. The van der Waals surface area contributed by atoms with Gasteiger partial charge in [-0.25, -0.2) is 0 Å². The molecule has 2 rings (SSSR count). The summed E-state index contributed by atoms with van der Waals surface area (Å²) >= 11 is 0. The van der Waals surface area contributed by atoms with Crippen LogP contribution in [0.15, 0.2) is 0 Å². The molecule has 4 unspecified atom stereocenters. The van der Waals surface area contributed by atoms with Crippen LogP contribution < -0.4 is 5.32 Å². The van der Waals surface area contributed by atoms with E-state index in [0.29, 0.717) is 13.2 Å². The van der Waals surface area contributed by atoms with Gasteiger partial charge < -0.3 is 15.2 Å². The maximum absolute atomic E-state index is 9.72. The Kier molecular flexibility index (Phi) is 4.83. The van der Waals surface area contributed by atoms with Crippen molar-refractivity contribution in [1.29, 1.82) is 0 Å². The predicted octanol–water partition coefficient (Wildman–Crippen LogP) is 1.80. The third-order valence-corrected chi connectivity index (χ3v) is 4.29. The molecule has 0 aliphatic heterocycles. The van der Waals surface area contributed by atoms with Gasteiger partial charge in [-0.2, -0.15) is 0 Å². The van der Waals surface area contributed by atoms with Crippen molar-refractivity contribution in [2.45, 2.75) is 51.7 Å². The van der Waals surface area contributed by atoms with Gasteiger partial charge in [-0.3, -0.25) is 0 Å². The van der Waals surface area contributed by atoms with Crippen molar-refractivity contribution in [3.63, 3.8) is 0 Å². The van der Waals surface area contributed by atoms with Crippen molar-refractivity contribution < 1.29 is 9.84 Å². The summed E-state index contributed by atoms with van der Waals surface area (Å²) in [5.41, 5.74) is 0. The first-order valence-electron chi connectivity index (χ1n) is 7.15. The van der Waals surface area contributed by atoms with Crippen molar-refractivity contribution in [3.05, 3.63) is 0 Å². The van der Waals surface area contributed by atoms with Crippen LogP contribution in [0.5, 0.6) is 0 Å². The molecule has 2 saturated carbocycles. The van der Waals surface area contributed by atoms with Gasteiger partial charge in [0.15, 0.2) is 0 Å². The monoisotopic (exact) mass is 241 g/mol. The Labute approximate surface area is 105 Å². The number of aliphatic hydroxyl groups is 1. The highest BCUT2D eigenvalue weighted by Gasteiger charge is 2.38. The Morgan fingerprint density at radius 3 is 2.71 bits per heavy atom. The van der Waals surface area contributed by atoms with E-state index in [-0.39, 0.29) is 12.2 Å². The molecule has 2 aliphatic rings. The summed E-state index contributed by atoms with van der Waals surface area (Å²) in [5.74, 6) is 2.85. The van der Waals surface area contributed by atoms with Gasteiger partial charge in [0.25, 0.3) is 0 Å². The van der Waals surface area contributed by atoms with E-state index in [1.54, 1.807) is 0 Å². The molecule has 0 spiro atoms. The van der Waals surface area contributed by atoms with Crippen molar-refractivity contribution in [2.24, 2.45) is 17.8 Å². The number of aliphatic hydroxyl groups excluding tert-OH is 1. The summed E-state index contributed by atoms with van der Waals surface area (Å²) in [6.45, 7) is 6.19. The highest BCUT2D eigenvalue weighted by atomic mass is 16.5. The molecule has 3 nitrogen and oxygen atoms in total. The third-order valence-electron chi connectivity index (χ3n) is 4.29. The van der Waals surface area contributed by atoms with Crippen LogP contribution in [0.25, 0.3) is 0 Å². The normalized spacial score (nSPS) is 33.5. The summed E-state index contributed by atoms with van der Waals surface area (Å²) < 4.78 is 5.39.